The second kappa shape index (κ2) is 5.34. The fraction of sp³-hybridized carbons (Fsp3) is 0.200. The van der Waals surface area contributed by atoms with E-state index in [1.165, 1.54) is 12.1 Å². The first-order valence-electron chi connectivity index (χ1n) is 8.02. The van der Waals surface area contributed by atoms with E-state index in [1.807, 2.05) is 13.8 Å². The highest BCUT2D eigenvalue weighted by molar-refractivity contribution is 6.16. The largest absolute Gasteiger partial charge is 0.493 e. The van der Waals surface area contributed by atoms with Crippen LogP contribution >= 0.6 is 0 Å². The number of pyridine rings is 1. The van der Waals surface area contributed by atoms with Gasteiger partial charge >= 0.3 is 0 Å². The van der Waals surface area contributed by atoms with Crippen LogP contribution in [0.1, 0.15) is 30.5 Å². The number of halogens is 2. The van der Waals surface area contributed by atoms with E-state index in [-0.39, 0.29) is 17.2 Å². The van der Waals surface area contributed by atoms with Gasteiger partial charge in [-0.1, -0.05) is 24.3 Å². The van der Waals surface area contributed by atoms with Crippen LogP contribution in [0.5, 0.6) is 5.88 Å². The average Bonchev–Trinajstić information content (AvgIpc) is 2.55. The Bertz CT molecular complexity index is 1040. The summed E-state index contributed by atoms with van der Waals surface area (Å²) in [7, 11) is 0. The van der Waals surface area contributed by atoms with E-state index in [9.17, 15) is 13.9 Å². The first-order chi connectivity index (χ1) is 11.9. The fourth-order valence-electron chi connectivity index (χ4n) is 3.33. The third-order valence-electron chi connectivity index (χ3n) is 4.43. The van der Waals surface area contributed by atoms with Crippen molar-refractivity contribution in [3.63, 3.8) is 0 Å². The number of para-hydroxylation sites is 1. The Morgan fingerprint density at radius 1 is 1.00 bits per heavy atom. The number of fused-ring (bicyclic) bond motifs is 2. The molecular weight excluding hydrogens is 322 g/mol. The minimum Gasteiger partial charge on any atom is -0.493 e. The molecule has 0 atom stereocenters. The van der Waals surface area contributed by atoms with Gasteiger partial charge in [-0.2, -0.15) is 0 Å². The predicted octanol–water partition coefficient (Wildman–Crippen LogP) is 4.39. The number of benzene rings is 2. The van der Waals surface area contributed by atoms with Crippen LogP contribution in [-0.2, 0) is 6.42 Å². The molecule has 1 aliphatic rings. The van der Waals surface area contributed by atoms with Gasteiger partial charge in [0.2, 0.25) is 5.88 Å². The van der Waals surface area contributed by atoms with E-state index in [1.54, 1.807) is 30.3 Å². The van der Waals surface area contributed by atoms with Crippen molar-refractivity contribution >= 4 is 16.6 Å². The minimum absolute atomic E-state index is 0.0962. The molecule has 0 amide bonds. The molecule has 0 radical (unpaired) electrons. The SMILES string of the molecule is CC1(C)Cc2c(F)cccc2C(c2cc3cccc(F)c3nc2O)=N1. The Morgan fingerprint density at radius 2 is 1.72 bits per heavy atom. The molecule has 0 saturated heterocycles. The molecule has 0 bridgehead atoms. The van der Waals surface area contributed by atoms with Gasteiger partial charge in [-0.3, -0.25) is 4.99 Å². The molecule has 0 fully saturated rings. The zero-order valence-electron chi connectivity index (χ0n) is 13.8. The summed E-state index contributed by atoms with van der Waals surface area (Å²) < 4.78 is 28.2. The predicted molar refractivity (Wildman–Crippen MR) is 93.2 cm³/mol. The third kappa shape index (κ3) is 2.56. The Labute approximate surface area is 143 Å². The van der Waals surface area contributed by atoms with Crippen LogP contribution in [0.4, 0.5) is 8.78 Å². The normalized spacial score (nSPS) is 15.8. The molecular formula is C20H16F2N2O. The fourth-order valence-corrected chi connectivity index (χ4v) is 3.33. The lowest BCUT2D eigenvalue weighted by atomic mass is 9.84. The number of aliphatic imine (C=N–C) groups is 1. The highest BCUT2D eigenvalue weighted by atomic mass is 19.1. The molecule has 126 valence electrons. The summed E-state index contributed by atoms with van der Waals surface area (Å²) in [6, 6.07) is 11.1. The highest BCUT2D eigenvalue weighted by Gasteiger charge is 2.30. The van der Waals surface area contributed by atoms with E-state index in [0.29, 0.717) is 34.2 Å². The van der Waals surface area contributed by atoms with E-state index in [4.69, 9.17) is 4.99 Å². The Morgan fingerprint density at radius 3 is 2.52 bits per heavy atom. The molecule has 3 nitrogen and oxygen atoms in total. The second-order valence-electron chi connectivity index (χ2n) is 6.89. The van der Waals surface area contributed by atoms with E-state index >= 15 is 0 Å². The molecule has 0 unspecified atom stereocenters. The summed E-state index contributed by atoms with van der Waals surface area (Å²) in [5.41, 5.74) is 1.62. The molecule has 1 aliphatic heterocycles. The molecule has 2 aromatic carbocycles. The van der Waals surface area contributed by atoms with Crippen LogP contribution in [0.2, 0.25) is 0 Å². The summed E-state index contributed by atoms with van der Waals surface area (Å²) in [5, 5.41) is 11.0. The summed E-state index contributed by atoms with van der Waals surface area (Å²) in [6.45, 7) is 3.82. The molecule has 4 rings (SSSR count). The standard InChI is InChI=1S/C20H16F2N2O/c1-20(2)10-14-12(6-4-7-15(14)21)18(24-20)13-9-11-5-3-8-16(22)17(11)23-19(13)25/h3-9H,10H2,1-2H3,(H,23,25). The summed E-state index contributed by atoms with van der Waals surface area (Å²) in [4.78, 5) is 8.71. The van der Waals surface area contributed by atoms with Crippen molar-refractivity contribution in [3.05, 3.63) is 70.8 Å². The number of nitrogens with zero attached hydrogens (tertiary/aromatic N) is 2. The van der Waals surface area contributed by atoms with Crippen molar-refractivity contribution in [2.75, 3.05) is 0 Å². The maximum atomic E-state index is 14.3. The zero-order chi connectivity index (χ0) is 17.8. The van der Waals surface area contributed by atoms with Crippen LogP contribution in [0.15, 0.2) is 47.5 Å². The van der Waals surface area contributed by atoms with Gasteiger partial charge in [0.25, 0.3) is 0 Å². The zero-order valence-corrected chi connectivity index (χ0v) is 13.8. The summed E-state index contributed by atoms with van der Waals surface area (Å²) in [6.07, 6.45) is 0.467. The van der Waals surface area contributed by atoms with Crippen LogP contribution in [0.25, 0.3) is 10.9 Å². The lowest BCUT2D eigenvalue weighted by Gasteiger charge is -2.29. The average molecular weight is 338 g/mol. The molecule has 3 aromatic rings. The van der Waals surface area contributed by atoms with Gasteiger partial charge in [-0.05, 0) is 37.6 Å². The maximum Gasteiger partial charge on any atom is 0.221 e. The first kappa shape index (κ1) is 15.7. The summed E-state index contributed by atoms with van der Waals surface area (Å²) >= 11 is 0. The lowest BCUT2D eigenvalue weighted by molar-refractivity contribution is 0.452. The third-order valence-corrected chi connectivity index (χ3v) is 4.43. The van der Waals surface area contributed by atoms with Crippen molar-refractivity contribution in [1.82, 2.24) is 4.98 Å². The quantitative estimate of drug-likeness (QED) is 0.715. The monoisotopic (exact) mass is 338 g/mol. The number of rotatable bonds is 1. The second-order valence-corrected chi connectivity index (χ2v) is 6.89. The van der Waals surface area contributed by atoms with Crippen molar-refractivity contribution < 1.29 is 13.9 Å². The van der Waals surface area contributed by atoms with E-state index in [0.717, 1.165) is 0 Å². The van der Waals surface area contributed by atoms with Crippen molar-refractivity contribution in [3.8, 4) is 5.88 Å². The van der Waals surface area contributed by atoms with Gasteiger partial charge in [-0.15, -0.1) is 0 Å². The Hall–Kier alpha value is -2.82. The van der Waals surface area contributed by atoms with Gasteiger partial charge < -0.3 is 5.11 Å². The minimum atomic E-state index is -0.520. The summed E-state index contributed by atoms with van der Waals surface area (Å²) in [5.74, 6) is -1.11. The highest BCUT2D eigenvalue weighted by Crippen LogP contribution is 2.34. The molecule has 2 heterocycles. The Kier molecular flexibility index (Phi) is 3.35. The molecule has 1 N–H and O–H groups in total. The molecule has 0 spiro atoms. The van der Waals surface area contributed by atoms with Crippen molar-refractivity contribution in [1.29, 1.82) is 0 Å². The molecule has 25 heavy (non-hydrogen) atoms. The van der Waals surface area contributed by atoms with Gasteiger partial charge in [-0.25, -0.2) is 13.8 Å². The van der Waals surface area contributed by atoms with Crippen LogP contribution in [0, 0.1) is 11.6 Å². The maximum absolute atomic E-state index is 14.3. The molecule has 0 aliphatic carbocycles. The van der Waals surface area contributed by atoms with Gasteiger partial charge in [0, 0.05) is 17.4 Å². The van der Waals surface area contributed by atoms with Crippen LogP contribution in [-0.4, -0.2) is 21.3 Å². The Balaban J connectivity index is 2.01. The van der Waals surface area contributed by atoms with E-state index < -0.39 is 11.4 Å². The lowest BCUT2D eigenvalue weighted by Crippen LogP contribution is -2.30. The number of aromatic hydroxyl groups is 1. The topological polar surface area (TPSA) is 45.5 Å². The number of hydrogen-bond donors (Lipinski definition) is 1. The van der Waals surface area contributed by atoms with Crippen molar-refractivity contribution in [2.24, 2.45) is 4.99 Å². The van der Waals surface area contributed by atoms with E-state index in [2.05, 4.69) is 4.98 Å². The van der Waals surface area contributed by atoms with Gasteiger partial charge in [0.05, 0.1) is 16.8 Å². The molecule has 5 heteroatoms. The number of aromatic nitrogens is 1. The van der Waals surface area contributed by atoms with Gasteiger partial charge in [0.1, 0.15) is 17.2 Å². The van der Waals surface area contributed by atoms with Crippen LogP contribution in [0.3, 0.4) is 0 Å². The van der Waals surface area contributed by atoms with Gasteiger partial charge in [0.15, 0.2) is 0 Å². The van der Waals surface area contributed by atoms with Crippen molar-refractivity contribution in [2.45, 2.75) is 25.8 Å². The smallest absolute Gasteiger partial charge is 0.221 e. The molecule has 1 aromatic heterocycles. The number of hydrogen-bond acceptors (Lipinski definition) is 3. The first-order valence-corrected chi connectivity index (χ1v) is 8.02. The molecule has 0 saturated carbocycles. The van der Waals surface area contributed by atoms with Crippen LogP contribution < -0.4 is 0 Å².